The zero-order valence-corrected chi connectivity index (χ0v) is 11.4. The van der Waals surface area contributed by atoms with Gasteiger partial charge in [0, 0.05) is 5.75 Å². The smallest absolute Gasteiger partial charge is 0.294 e. The fraction of sp³-hybridized carbons (Fsp3) is 0.800. The zero-order chi connectivity index (χ0) is 14.3. The lowest BCUT2D eigenvalue weighted by Crippen LogP contribution is -2.48. The SMILES string of the molecule is CCCCC(CO[N+](=O)[O-])NC(=O)[C@@H]1CSC(=O)N1. The number of hydrogen-bond donors (Lipinski definition) is 2. The molecule has 0 spiro atoms. The van der Waals surface area contributed by atoms with Crippen LogP contribution in [0, 0.1) is 10.1 Å². The quantitative estimate of drug-likeness (QED) is 0.503. The highest BCUT2D eigenvalue weighted by Gasteiger charge is 2.29. The summed E-state index contributed by atoms with van der Waals surface area (Å²) in [6.45, 7) is 1.81. The number of hydrogen-bond acceptors (Lipinski definition) is 6. The maximum atomic E-state index is 11.8. The van der Waals surface area contributed by atoms with Crippen LogP contribution in [0.2, 0.25) is 0 Å². The Labute approximate surface area is 114 Å². The molecule has 1 aliphatic heterocycles. The van der Waals surface area contributed by atoms with Crippen molar-refractivity contribution in [1.29, 1.82) is 0 Å². The van der Waals surface area contributed by atoms with Crippen molar-refractivity contribution in [2.45, 2.75) is 38.3 Å². The molecule has 0 aromatic carbocycles. The summed E-state index contributed by atoms with van der Waals surface area (Å²) in [5.41, 5.74) is 0. The van der Waals surface area contributed by atoms with Gasteiger partial charge in [0.1, 0.15) is 12.6 Å². The van der Waals surface area contributed by atoms with Gasteiger partial charge in [0.2, 0.25) is 5.91 Å². The third-order valence-corrected chi connectivity index (χ3v) is 3.50. The van der Waals surface area contributed by atoms with E-state index < -0.39 is 17.2 Å². The van der Waals surface area contributed by atoms with E-state index in [1.165, 1.54) is 0 Å². The molecular weight excluding hydrogens is 274 g/mol. The first kappa shape index (κ1) is 15.5. The van der Waals surface area contributed by atoms with Crippen molar-refractivity contribution in [3.8, 4) is 0 Å². The third-order valence-electron chi connectivity index (χ3n) is 2.62. The van der Waals surface area contributed by atoms with Crippen LogP contribution < -0.4 is 10.6 Å². The Morgan fingerprint density at radius 3 is 3.00 bits per heavy atom. The van der Waals surface area contributed by atoms with Gasteiger partial charge in [-0.25, -0.2) is 0 Å². The second kappa shape index (κ2) is 7.82. The van der Waals surface area contributed by atoms with Crippen LogP contribution in [0.5, 0.6) is 0 Å². The van der Waals surface area contributed by atoms with Crippen LogP contribution in [0.1, 0.15) is 26.2 Å². The second-order valence-corrected chi connectivity index (χ2v) is 5.16. The summed E-state index contributed by atoms with van der Waals surface area (Å²) < 4.78 is 0. The molecule has 1 saturated heterocycles. The Balaban J connectivity index is 2.43. The largest absolute Gasteiger partial charge is 0.350 e. The van der Waals surface area contributed by atoms with E-state index in [-0.39, 0.29) is 17.8 Å². The fourth-order valence-corrected chi connectivity index (χ4v) is 2.40. The molecule has 0 aromatic rings. The molecule has 1 rings (SSSR count). The Kier molecular flexibility index (Phi) is 6.40. The van der Waals surface area contributed by atoms with Crippen molar-refractivity contribution in [3.63, 3.8) is 0 Å². The maximum Gasteiger partial charge on any atom is 0.294 e. The highest BCUT2D eigenvalue weighted by molar-refractivity contribution is 8.14. The van der Waals surface area contributed by atoms with E-state index in [0.717, 1.165) is 24.6 Å². The van der Waals surface area contributed by atoms with Crippen molar-refractivity contribution in [2.75, 3.05) is 12.4 Å². The van der Waals surface area contributed by atoms with E-state index in [2.05, 4.69) is 15.5 Å². The summed E-state index contributed by atoms with van der Waals surface area (Å²) in [5.74, 6) is 0.0488. The molecule has 9 heteroatoms. The number of nitrogens with zero attached hydrogens (tertiary/aromatic N) is 1. The number of thioether (sulfide) groups is 1. The number of carbonyl (C=O) groups excluding carboxylic acids is 2. The van der Waals surface area contributed by atoms with Gasteiger partial charge in [-0.2, -0.15) is 0 Å². The molecule has 108 valence electrons. The van der Waals surface area contributed by atoms with Crippen LogP contribution in [-0.2, 0) is 9.63 Å². The molecule has 2 N–H and O–H groups in total. The predicted octanol–water partition coefficient (Wildman–Crippen LogP) is 0.695. The highest BCUT2D eigenvalue weighted by atomic mass is 32.2. The molecular formula is C10H17N3O5S. The first-order chi connectivity index (χ1) is 9.02. The summed E-state index contributed by atoms with van der Waals surface area (Å²) >= 11 is 1.05. The van der Waals surface area contributed by atoms with Crippen molar-refractivity contribution < 1.29 is 19.5 Å². The molecule has 0 radical (unpaired) electrons. The first-order valence-corrected chi connectivity index (χ1v) is 7.02. The Morgan fingerprint density at radius 2 is 2.47 bits per heavy atom. The van der Waals surface area contributed by atoms with Crippen LogP contribution >= 0.6 is 11.8 Å². The molecule has 1 fully saturated rings. The van der Waals surface area contributed by atoms with Gasteiger partial charge in [-0.15, -0.1) is 10.1 Å². The van der Waals surface area contributed by atoms with Crippen LogP contribution in [0.3, 0.4) is 0 Å². The number of amides is 2. The van der Waals surface area contributed by atoms with Crippen LogP contribution in [0.4, 0.5) is 4.79 Å². The standard InChI is InChI=1S/C10H17N3O5S/c1-2-3-4-7(5-18-13(16)17)11-9(14)8-6-19-10(15)12-8/h7-8H,2-6H2,1H3,(H,11,14)(H,12,15)/t7?,8-/m0/s1. The molecule has 8 nitrogen and oxygen atoms in total. The molecule has 0 bridgehead atoms. The van der Waals surface area contributed by atoms with Crippen LogP contribution in [0.15, 0.2) is 0 Å². The maximum absolute atomic E-state index is 11.8. The van der Waals surface area contributed by atoms with Crippen LogP contribution in [0.25, 0.3) is 0 Å². The van der Waals surface area contributed by atoms with E-state index in [1.54, 1.807) is 0 Å². The van der Waals surface area contributed by atoms with Gasteiger partial charge in [-0.05, 0) is 6.42 Å². The topological polar surface area (TPSA) is 111 Å². The molecule has 2 atom stereocenters. The molecule has 2 amide bonds. The van der Waals surface area contributed by atoms with Gasteiger partial charge in [-0.3, -0.25) is 9.59 Å². The first-order valence-electron chi connectivity index (χ1n) is 6.04. The van der Waals surface area contributed by atoms with Gasteiger partial charge < -0.3 is 15.5 Å². The molecule has 0 aromatic heterocycles. The van der Waals surface area contributed by atoms with Gasteiger partial charge in [-0.1, -0.05) is 31.5 Å². The monoisotopic (exact) mass is 291 g/mol. The molecule has 19 heavy (non-hydrogen) atoms. The Hall–Kier alpha value is -1.51. The fourth-order valence-electron chi connectivity index (χ4n) is 1.63. The highest BCUT2D eigenvalue weighted by Crippen LogP contribution is 2.13. The molecule has 1 unspecified atom stereocenters. The average Bonchev–Trinajstić information content (AvgIpc) is 2.79. The zero-order valence-electron chi connectivity index (χ0n) is 10.6. The lowest BCUT2D eigenvalue weighted by atomic mass is 10.1. The van der Waals surface area contributed by atoms with E-state index in [1.807, 2.05) is 6.92 Å². The van der Waals surface area contributed by atoms with E-state index in [0.29, 0.717) is 12.2 Å². The number of nitrogens with one attached hydrogen (secondary N) is 2. The third kappa shape index (κ3) is 5.77. The molecule has 1 heterocycles. The van der Waals surface area contributed by atoms with Gasteiger partial charge >= 0.3 is 0 Å². The average molecular weight is 291 g/mol. The molecule has 1 aliphatic rings. The van der Waals surface area contributed by atoms with Gasteiger partial charge in [0.15, 0.2) is 0 Å². The molecule has 0 saturated carbocycles. The van der Waals surface area contributed by atoms with E-state index in [4.69, 9.17) is 0 Å². The predicted molar refractivity (Wildman–Crippen MR) is 69.2 cm³/mol. The van der Waals surface area contributed by atoms with E-state index >= 15 is 0 Å². The lowest BCUT2D eigenvalue weighted by molar-refractivity contribution is -0.758. The van der Waals surface area contributed by atoms with Gasteiger partial charge in [0.05, 0.1) is 6.04 Å². The Morgan fingerprint density at radius 1 is 1.74 bits per heavy atom. The van der Waals surface area contributed by atoms with Crippen molar-refractivity contribution in [2.24, 2.45) is 0 Å². The van der Waals surface area contributed by atoms with Crippen LogP contribution in [-0.4, -0.2) is 40.7 Å². The van der Waals surface area contributed by atoms with Gasteiger partial charge in [0.25, 0.3) is 10.3 Å². The minimum absolute atomic E-state index is 0.174. The summed E-state index contributed by atoms with van der Waals surface area (Å²) in [6, 6.07) is -0.988. The number of rotatable bonds is 8. The van der Waals surface area contributed by atoms with E-state index in [9.17, 15) is 19.7 Å². The number of carbonyl (C=O) groups is 2. The van der Waals surface area contributed by atoms with Crippen molar-refractivity contribution in [3.05, 3.63) is 10.1 Å². The Bertz CT molecular complexity index is 352. The molecule has 0 aliphatic carbocycles. The van der Waals surface area contributed by atoms with Crippen molar-refractivity contribution >= 4 is 22.9 Å². The summed E-state index contributed by atoms with van der Waals surface area (Å²) in [6.07, 6.45) is 2.35. The van der Waals surface area contributed by atoms with Crippen molar-refractivity contribution in [1.82, 2.24) is 10.6 Å². The second-order valence-electron chi connectivity index (χ2n) is 4.16. The number of unbranched alkanes of at least 4 members (excludes halogenated alkanes) is 1. The summed E-state index contributed by atoms with van der Waals surface area (Å²) in [4.78, 5) is 37.3. The minimum atomic E-state index is -0.877. The lowest BCUT2D eigenvalue weighted by Gasteiger charge is -2.19. The summed E-state index contributed by atoms with van der Waals surface area (Å²) in [5, 5.41) is 14.3. The summed E-state index contributed by atoms with van der Waals surface area (Å²) in [7, 11) is 0. The normalized spacial score (nSPS) is 19.6. The minimum Gasteiger partial charge on any atom is -0.350 e.